The third-order valence-electron chi connectivity index (χ3n) is 3.07. The minimum absolute atomic E-state index is 0.120. The van der Waals surface area contributed by atoms with Crippen LogP contribution in [0.5, 0.6) is 0 Å². The van der Waals surface area contributed by atoms with Gasteiger partial charge in [0, 0.05) is 48.2 Å². The molecule has 5 heteroatoms. The summed E-state index contributed by atoms with van der Waals surface area (Å²) in [6.45, 7) is 0.726. The van der Waals surface area contributed by atoms with Crippen LogP contribution in [0, 0.1) is 10.1 Å². The van der Waals surface area contributed by atoms with E-state index in [0.29, 0.717) is 0 Å². The maximum Gasteiger partial charge on any atom is 0.270 e. The number of benzene rings is 1. The van der Waals surface area contributed by atoms with Gasteiger partial charge < -0.3 is 4.57 Å². The number of aromatic nitrogens is 2. The van der Waals surface area contributed by atoms with Crippen LogP contribution >= 0.6 is 0 Å². The number of nitro groups is 1. The minimum atomic E-state index is -0.375. The van der Waals surface area contributed by atoms with Crippen molar-refractivity contribution in [1.82, 2.24) is 9.55 Å². The molecule has 3 aromatic rings. The summed E-state index contributed by atoms with van der Waals surface area (Å²) in [6.07, 6.45) is 5.45. The monoisotopic (exact) mass is 253 g/mol. The maximum atomic E-state index is 10.7. The van der Waals surface area contributed by atoms with E-state index in [2.05, 4.69) is 9.55 Å². The van der Waals surface area contributed by atoms with Gasteiger partial charge in [-0.3, -0.25) is 15.1 Å². The van der Waals surface area contributed by atoms with E-state index in [4.69, 9.17) is 0 Å². The van der Waals surface area contributed by atoms with E-state index in [0.717, 1.165) is 23.0 Å². The van der Waals surface area contributed by atoms with E-state index in [-0.39, 0.29) is 10.6 Å². The molecule has 3 rings (SSSR count). The van der Waals surface area contributed by atoms with Gasteiger partial charge in [-0.25, -0.2) is 0 Å². The van der Waals surface area contributed by atoms with E-state index in [1.807, 2.05) is 24.4 Å². The molecule has 2 heterocycles. The number of nitrogens with zero attached hydrogens (tertiary/aromatic N) is 3. The Morgan fingerprint density at radius 3 is 2.68 bits per heavy atom. The van der Waals surface area contributed by atoms with Crippen LogP contribution < -0.4 is 0 Å². The molecular formula is C14H11N3O2. The van der Waals surface area contributed by atoms with Gasteiger partial charge in [-0.05, 0) is 29.8 Å². The first-order valence-electron chi connectivity index (χ1n) is 5.86. The van der Waals surface area contributed by atoms with Crippen LogP contribution in [-0.4, -0.2) is 14.5 Å². The summed E-state index contributed by atoms with van der Waals surface area (Å²) >= 11 is 0. The molecule has 0 unspecified atom stereocenters. The summed E-state index contributed by atoms with van der Waals surface area (Å²) in [5.74, 6) is 0. The second-order valence-corrected chi connectivity index (χ2v) is 4.30. The highest BCUT2D eigenvalue weighted by Crippen LogP contribution is 2.22. The van der Waals surface area contributed by atoms with Crippen molar-refractivity contribution in [1.29, 1.82) is 0 Å². The van der Waals surface area contributed by atoms with Gasteiger partial charge in [0.2, 0.25) is 0 Å². The van der Waals surface area contributed by atoms with Crippen molar-refractivity contribution in [2.24, 2.45) is 0 Å². The predicted molar refractivity (Wildman–Crippen MR) is 71.9 cm³/mol. The standard InChI is InChI=1S/C14H11N3O2/c18-17(19)13-1-2-14-12(9-13)5-8-16(14)10-11-3-6-15-7-4-11/h1-9H,10H2. The summed E-state index contributed by atoms with van der Waals surface area (Å²) < 4.78 is 2.06. The average molecular weight is 253 g/mol. The number of non-ortho nitro benzene ring substituents is 1. The first-order chi connectivity index (χ1) is 9.24. The topological polar surface area (TPSA) is 61.0 Å². The molecule has 0 radical (unpaired) electrons. The second-order valence-electron chi connectivity index (χ2n) is 4.30. The molecule has 0 amide bonds. The molecule has 0 N–H and O–H groups in total. The lowest BCUT2D eigenvalue weighted by molar-refractivity contribution is -0.384. The minimum Gasteiger partial charge on any atom is -0.343 e. The first-order valence-corrected chi connectivity index (χ1v) is 5.86. The van der Waals surface area contributed by atoms with Crippen LogP contribution in [-0.2, 0) is 6.54 Å². The molecule has 2 aromatic heterocycles. The third kappa shape index (κ3) is 2.18. The highest BCUT2D eigenvalue weighted by Gasteiger charge is 2.08. The normalized spacial score (nSPS) is 10.7. The second kappa shape index (κ2) is 4.53. The van der Waals surface area contributed by atoms with Crippen molar-refractivity contribution >= 4 is 16.6 Å². The van der Waals surface area contributed by atoms with Gasteiger partial charge in [0.1, 0.15) is 0 Å². The van der Waals surface area contributed by atoms with Gasteiger partial charge >= 0.3 is 0 Å². The lowest BCUT2D eigenvalue weighted by atomic mass is 10.2. The molecule has 19 heavy (non-hydrogen) atoms. The van der Waals surface area contributed by atoms with Gasteiger partial charge in [-0.15, -0.1) is 0 Å². The smallest absolute Gasteiger partial charge is 0.270 e. The average Bonchev–Trinajstić information content (AvgIpc) is 2.82. The Morgan fingerprint density at radius 2 is 1.95 bits per heavy atom. The van der Waals surface area contributed by atoms with E-state index in [1.165, 1.54) is 6.07 Å². The summed E-state index contributed by atoms with van der Waals surface area (Å²) in [4.78, 5) is 14.3. The highest BCUT2D eigenvalue weighted by molar-refractivity contribution is 5.82. The largest absolute Gasteiger partial charge is 0.343 e. The highest BCUT2D eigenvalue weighted by atomic mass is 16.6. The van der Waals surface area contributed by atoms with Gasteiger partial charge in [0.25, 0.3) is 5.69 Å². The van der Waals surface area contributed by atoms with E-state index in [1.54, 1.807) is 24.5 Å². The Labute approximate surface area is 109 Å². The van der Waals surface area contributed by atoms with E-state index in [9.17, 15) is 10.1 Å². The third-order valence-corrected chi connectivity index (χ3v) is 3.07. The van der Waals surface area contributed by atoms with Crippen LogP contribution in [0.4, 0.5) is 5.69 Å². The molecule has 0 aliphatic heterocycles. The van der Waals surface area contributed by atoms with Crippen LogP contribution in [0.2, 0.25) is 0 Å². The molecule has 0 fully saturated rings. The number of nitro benzene ring substituents is 1. The van der Waals surface area contributed by atoms with Gasteiger partial charge in [0.05, 0.1) is 4.92 Å². The Morgan fingerprint density at radius 1 is 1.16 bits per heavy atom. The molecule has 0 bridgehead atoms. The molecule has 94 valence electrons. The SMILES string of the molecule is O=[N+]([O-])c1ccc2c(ccn2Cc2ccncc2)c1. The van der Waals surface area contributed by atoms with Crippen LogP contribution in [0.15, 0.2) is 55.0 Å². The molecule has 0 atom stereocenters. The zero-order chi connectivity index (χ0) is 13.2. The molecule has 0 saturated carbocycles. The van der Waals surface area contributed by atoms with Crippen LogP contribution in [0.25, 0.3) is 10.9 Å². The van der Waals surface area contributed by atoms with E-state index < -0.39 is 0 Å². The first kappa shape index (κ1) is 11.4. The molecule has 0 aliphatic carbocycles. The van der Waals surface area contributed by atoms with Gasteiger partial charge in [-0.1, -0.05) is 0 Å². The Kier molecular flexibility index (Phi) is 2.72. The van der Waals surface area contributed by atoms with Crippen molar-refractivity contribution < 1.29 is 4.92 Å². The van der Waals surface area contributed by atoms with Gasteiger partial charge in [0.15, 0.2) is 0 Å². The molecule has 1 aromatic carbocycles. The molecule has 0 spiro atoms. The quantitative estimate of drug-likeness (QED) is 0.532. The summed E-state index contributed by atoms with van der Waals surface area (Å²) in [5, 5.41) is 11.6. The Hall–Kier alpha value is -2.69. The Balaban J connectivity index is 1.99. The van der Waals surface area contributed by atoms with Crippen LogP contribution in [0.3, 0.4) is 0 Å². The zero-order valence-electron chi connectivity index (χ0n) is 10.1. The molecule has 5 nitrogen and oxygen atoms in total. The molecular weight excluding hydrogens is 242 g/mol. The number of fused-ring (bicyclic) bond motifs is 1. The molecule has 0 saturated heterocycles. The predicted octanol–water partition coefficient (Wildman–Crippen LogP) is 2.99. The van der Waals surface area contributed by atoms with Gasteiger partial charge in [-0.2, -0.15) is 0 Å². The van der Waals surface area contributed by atoms with Crippen molar-refractivity contribution in [3.63, 3.8) is 0 Å². The maximum absolute atomic E-state index is 10.7. The number of hydrogen-bond donors (Lipinski definition) is 0. The van der Waals surface area contributed by atoms with Crippen molar-refractivity contribution in [3.05, 3.63) is 70.7 Å². The number of rotatable bonds is 3. The van der Waals surface area contributed by atoms with Crippen molar-refractivity contribution in [2.45, 2.75) is 6.54 Å². The molecule has 0 aliphatic rings. The number of pyridine rings is 1. The van der Waals surface area contributed by atoms with Crippen molar-refractivity contribution in [3.8, 4) is 0 Å². The van der Waals surface area contributed by atoms with Crippen LogP contribution in [0.1, 0.15) is 5.56 Å². The summed E-state index contributed by atoms with van der Waals surface area (Å²) in [5.41, 5.74) is 2.25. The zero-order valence-corrected chi connectivity index (χ0v) is 10.1. The summed E-state index contributed by atoms with van der Waals surface area (Å²) in [7, 11) is 0. The lowest BCUT2D eigenvalue weighted by Gasteiger charge is -2.05. The fourth-order valence-corrected chi connectivity index (χ4v) is 2.12. The van der Waals surface area contributed by atoms with E-state index >= 15 is 0 Å². The number of hydrogen-bond acceptors (Lipinski definition) is 3. The fraction of sp³-hybridized carbons (Fsp3) is 0.0714. The van der Waals surface area contributed by atoms with Crippen molar-refractivity contribution in [2.75, 3.05) is 0 Å². The summed E-state index contributed by atoms with van der Waals surface area (Å²) in [6, 6.07) is 10.7. The fourth-order valence-electron chi connectivity index (χ4n) is 2.12. The Bertz CT molecular complexity index is 735. The lowest BCUT2D eigenvalue weighted by Crippen LogP contribution is -1.97.